The van der Waals surface area contributed by atoms with Gasteiger partial charge in [0.25, 0.3) is 5.56 Å². The second-order valence-corrected chi connectivity index (χ2v) is 9.70. The minimum absolute atomic E-state index is 0.245. The summed E-state index contributed by atoms with van der Waals surface area (Å²) < 4.78 is 12.4. The van der Waals surface area contributed by atoms with Crippen molar-refractivity contribution in [1.29, 1.82) is 0 Å². The van der Waals surface area contributed by atoms with Crippen molar-refractivity contribution in [2.24, 2.45) is 0 Å². The molecule has 1 fully saturated rings. The van der Waals surface area contributed by atoms with E-state index in [9.17, 15) is 9.59 Å². The molecule has 1 aliphatic heterocycles. The van der Waals surface area contributed by atoms with Crippen molar-refractivity contribution in [2.75, 3.05) is 26.2 Å². The fourth-order valence-corrected chi connectivity index (χ4v) is 4.16. The molecule has 3 aromatic rings. The van der Waals surface area contributed by atoms with Crippen LogP contribution in [0.3, 0.4) is 0 Å². The van der Waals surface area contributed by atoms with Crippen LogP contribution in [-0.2, 0) is 4.74 Å². The maximum absolute atomic E-state index is 13.2. The van der Waals surface area contributed by atoms with Crippen LogP contribution in [0, 0.1) is 0 Å². The first kappa shape index (κ1) is 24.0. The lowest BCUT2D eigenvalue weighted by atomic mass is 10.1. The Labute approximate surface area is 200 Å². The maximum Gasteiger partial charge on any atom is 0.423 e. The highest BCUT2D eigenvalue weighted by Crippen LogP contribution is 2.23. The molecule has 7 nitrogen and oxygen atoms in total. The number of piperidine rings is 1. The molecule has 0 saturated carbocycles. The van der Waals surface area contributed by atoms with Crippen molar-refractivity contribution in [1.82, 2.24) is 14.5 Å². The number of fused-ring (bicyclic) bond motifs is 1. The summed E-state index contributed by atoms with van der Waals surface area (Å²) in [6.07, 6.45) is 4.15. The summed E-state index contributed by atoms with van der Waals surface area (Å²) in [6.45, 7) is 9.37. The number of carbonyl (C=O) groups is 1. The molecule has 0 radical (unpaired) electrons. The summed E-state index contributed by atoms with van der Waals surface area (Å²) in [6, 6.07) is 14.3. The summed E-state index contributed by atoms with van der Waals surface area (Å²) in [5.74, 6) is 0.990. The Morgan fingerprint density at radius 3 is 2.41 bits per heavy atom. The highest BCUT2D eigenvalue weighted by Gasteiger charge is 2.24. The van der Waals surface area contributed by atoms with E-state index in [1.54, 1.807) is 39.0 Å². The number of hydrogen-bond donors (Lipinski definition) is 0. The van der Waals surface area contributed by atoms with Crippen LogP contribution in [0.1, 0.15) is 46.5 Å². The van der Waals surface area contributed by atoms with Crippen LogP contribution in [0.25, 0.3) is 22.3 Å². The fourth-order valence-electron chi connectivity index (χ4n) is 4.16. The van der Waals surface area contributed by atoms with E-state index in [4.69, 9.17) is 9.47 Å². The third kappa shape index (κ3) is 5.83. The van der Waals surface area contributed by atoms with Crippen molar-refractivity contribution < 1.29 is 14.3 Å². The Kier molecular flexibility index (Phi) is 7.32. The van der Waals surface area contributed by atoms with Crippen molar-refractivity contribution >= 4 is 17.0 Å². The lowest BCUT2D eigenvalue weighted by Gasteiger charge is -2.26. The number of aromatic nitrogens is 2. The lowest BCUT2D eigenvalue weighted by Crippen LogP contribution is -2.35. The number of likely N-dealkylation sites (tertiary alicyclic amines) is 1. The predicted molar refractivity (Wildman–Crippen MR) is 133 cm³/mol. The Bertz CT molecular complexity index is 1190. The van der Waals surface area contributed by atoms with Crippen LogP contribution >= 0.6 is 0 Å². The summed E-state index contributed by atoms with van der Waals surface area (Å²) in [4.78, 5) is 33.3. The standard InChI is InChI=1S/C27H33N3O4/c1-27(2,3)34-26(32)30-24(28-23-11-6-5-10-22(23)25(30)31)20-12-14-21(15-13-20)33-19-9-18-29-16-7-4-8-17-29/h5-6,10-15H,4,7-9,16-19H2,1-3H3. The fraction of sp³-hybridized carbons (Fsp3) is 0.444. The van der Waals surface area contributed by atoms with Gasteiger partial charge in [0.15, 0.2) is 5.82 Å². The van der Waals surface area contributed by atoms with Crippen LogP contribution < -0.4 is 10.3 Å². The molecular formula is C27H33N3O4. The molecule has 0 N–H and O–H groups in total. The van der Waals surface area contributed by atoms with E-state index in [1.165, 1.54) is 32.4 Å². The molecule has 180 valence electrons. The number of benzene rings is 2. The van der Waals surface area contributed by atoms with Crippen molar-refractivity contribution in [3.63, 3.8) is 0 Å². The van der Waals surface area contributed by atoms with Crippen LogP contribution in [-0.4, -0.2) is 52.4 Å². The first-order valence-corrected chi connectivity index (χ1v) is 12.0. The van der Waals surface area contributed by atoms with Gasteiger partial charge >= 0.3 is 6.09 Å². The number of rotatable bonds is 6. The molecule has 2 aromatic carbocycles. The number of para-hydroxylation sites is 1. The first-order valence-electron chi connectivity index (χ1n) is 12.0. The van der Waals surface area contributed by atoms with Crippen molar-refractivity contribution in [2.45, 2.75) is 52.1 Å². The Balaban J connectivity index is 1.54. The molecule has 0 spiro atoms. The van der Waals surface area contributed by atoms with E-state index in [1.807, 2.05) is 30.3 Å². The molecule has 7 heteroatoms. The van der Waals surface area contributed by atoms with E-state index in [-0.39, 0.29) is 5.82 Å². The highest BCUT2D eigenvalue weighted by molar-refractivity contribution is 5.85. The molecule has 4 rings (SSSR count). The van der Waals surface area contributed by atoms with Gasteiger partial charge in [-0.2, -0.15) is 4.57 Å². The van der Waals surface area contributed by atoms with E-state index in [0.29, 0.717) is 23.1 Å². The normalized spacial score (nSPS) is 14.8. The van der Waals surface area contributed by atoms with Crippen molar-refractivity contribution in [3.05, 3.63) is 58.9 Å². The van der Waals surface area contributed by atoms with Crippen LogP contribution in [0.5, 0.6) is 5.75 Å². The van der Waals surface area contributed by atoms with E-state index >= 15 is 0 Å². The number of nitrogens with zero attached hydrogens (tertiary/aromatic N) is 3. The Morgan fingerprint density at radius 1 is 1.00 bits per heavy atom. The van der Waals surface area contributed by atoms with Gasteiger partial charge in [-0.25, -0.2) is 9.78 Å². The zero-order valence-corrected chi connectivity index (χ0v) is 20.3. The first-order chi connectivity index (χ1) is 16.3. The molecule has 34 heavy (non-hydrogen) atoms. The van der Waals surface area contributed by atoms with Gasteiger partial charge < -0.3 is 14.4 Å². The largest absolute Gasteiger partial charge is 0.494 e. The molecule has 1 aromatic heterocycles. The second-order valence-electron chi connectivity index (χ2n) is 9.70. The second kappa shape index (κ2) is 10.4. The minimum Gasteiger partial charge on any atom is -0.494 e. The van der Waals surface area contributed by atoms with Crippen molar-refractivity contribution in [3.8, 4) is 17.1 Å². The molecule has 1 aliphatic rings. The zero-order valence-electron chi connectivity index (χ0n) is 20.3. The predicted octanol–water partition coefficient (Wildman–Crippen LogP) is 5.10. The average molecular weight is 464 g/mol. The quantitative estimate of drug-likeness (QED) is 0.474. The van der Waals surface area contributed by atoms with E-state index in [0.717, 1.165) is 23.3 Å². The molecule has 0 bridgehead atoms. The average Bonchev–Trinajstić information content (AvgIpc) is 2.82. The van der Waals surface area contributed by atoms with Gasteiger partial charge in [-0.05, 0) is 89.5 Å². The monoisotopic (exact) mass is 463 g/mol. The van der Waals surface area contributed by atoms with Crippen LogP contribution in [0.4, 0.5) is 4.79 Å². The van der Waals surface area contributed by atoms with Crippen LogP contribution in [0.2, 0.25) is 0 Å². The van der Waals surface area contributed by atoms with Gasteiger partial charge in [0.05, 0.1) is 17.5 Å². The molecule has 1 saturated heterocycles. The number of ether oxygens (including phenoxy) is 2. The van der Waals surface area contributed by atoms with Gasteiger partial charge in [-0.1, -0.05) is 18.6 Å². The smallest absolute Gasteiger partial charge is 0.423 e. The highest BCUT2D eigenvalue weighted by atomic mass is 16.6. The minimum atomic E-state index is -0.746. The molecule has 0 amide bonds. The third-order valence-corrected chi connectivity index (χ3v) is 5.80. The molecule has 0 atom stereocenters. The number of carbonyl (C=O) groups excluding carboxylic acids is 1. The Hall–Kier alpha value is -3.19. The molecule has 0 unspecified atom stereocenters. The summed E-state index contributed by atoms with van der Waals surface area (Å²) in [5.41, 5.74) is -0.0340. The van der Waals surface area contributed by atoms with E-state index < -0.39 is 17.3 Å². The van der Waals surface area contributed by atoms with Crippen LogP contribution in [0.15, 0.2) is 53.3 Å². The lowest BCUT2D eigenvalue weighted by molar-refractivity contribution is 0.0533. The SMILES string of the molecule is CC(C)(C)OC(=O)n1c(-c2ccc(OCCCN3CCCCC3)cc2)nc2ccccc2c1=O. The third-order valence-electron chi connectivity index (χ3n) is 5.80. The van der Waals surface area contributed by atoms with Gasteiger partial charge in [-0.3, -0.25) is 4.79 Å². The number of hydrogen-bond acceptors (Lipinski definition) is 6. The molecular weight excluding hydrogens is 430 g/mol. The summed E-state index contributed by atoms with van der Waals surface area (Å²) in [7, 11) is 0. The van der Waals surface area contributed by atoms with Gasteiger partial charge in [0, 0.05) is 12.1 Å². The summed E-state index contributed by atoms with van der Waals surface area (Å²) in [5, 5.41) is 0.366. The molecule has 0 aliphatic carbocycles. The van der Waals surface area contributed by atoms with E-state index in [2.05, 4.69) is 9.88 Å². The van der Waals surface area contributed by atoms with Gasteiger partial charge in [0.1, 0.15) is 11.4 Å². The summed E-state index contributed by atoms with van der Waals surface area (Å²) >= 11 is 0. The molecule has 2 heterocycles. The van der Waals surface area contributed by atoms with Gasteiger partial charge in [-0.15, -0.1) is 0 Å². The topological polar surface area (TPSA) is 73.7 Å². The zero-order chi connectivity index (χ0) is 24.1. The Morgan fingerprint density at radius 2 is 1.71 bits per heavy atom. The maximum atomic E-state index is 13.2. The van der Waals surface area contributed by atoms with Gasteiger partial charge in [0.2, 0.25) is 0 Å².